The van der Waals surface area contributed by atoms with Crippen molar-refractivity contribution < 1.29 is 14.0 Å². The third-order valence-electron chi connectivity index (χ3n) is 4.57. The number of nitrogens with one attached hydrogen (secondary N) is 3. The Morgan fingerprint density at radius 1 is 1.00 bits per heavy atom. The first-order chi connectivity index (χ1) is 15.6. The van der Waals surface area contributed by atoms with Gasteiger partial charge in [-0.15, -0.1) is 29.7 Å². The van der Waals surface area contributed by atoms with Gasteiger partial charge in [0, 0.05) is 34.6 Å². The van der Waals surface area contributed by atoms with Crippen LogP contribution >= 0.6 is 23.1 Å². The summed E-state index contributed by atoms with van der Waals surface area (Å²) in [6.45, 7) is 3.94. The number of anilines is 2. The van der Waals surface area contributed by atoms with Crippen LogP contribution in [-0.2, 0) is 5.75 Å². The van der Waals surface area contributed by atoms with Crippen LogP contribution in [0.3, 0.4) is 0 Å². The summed E-state index contributed by atoms with van der Waals surface area (Å²) in [7, 11) is 0. The van der Waals surface area contributed by atoms with E-state index in [2.05, 4.69) is 28.6 Å². The van der Waals surface area contributed by atoms with Gasteiger partial charge in [0.25, 0.3) is 5.91 Å². The van der Waals surface area contributed by atoms with E-state index in [1.165, 1.54) is 4.21 Å². The van der Waals surface area contributed by atoms with Gasteiger partial charge >= 0.3 is 6.03 Å². The van der Waals surface area contributed by atoms with Crippen LogP contribution in [0.5, 0.6) is 0 Å². The van der Waals surface area contributed by atoms with Gasteiger partial charge in [0.2, 0.25) is 0 Å². The smallest absolute Gasteiger partial charge is 0.319 e. The lowest BCUT2D eigenvalue weighted by molar-refractivity contribution is 0.0998. The van der Waals surface area contributed by atoms with Crippen LogP contribution in [0.25, 0.3) is 11.0 Å². The number of urea groups is 1. The van der Waals surface area contributed by atoms with Crippen LogP contribution in [0.2, 0.25) is 0 Å². The van der Waals surface area contributed by atoms with Crippen LogP contribution < -0.4 is 16.0 Å². The summed E-state index contributed by atoms with van der Waals surface area (Å²) >= 11 is 3.35. The second-order valence-electron chi connectivity index (χ2n) is 6.78. The van der Waals surface area contributed by atoms with Crippen LogP contribution in [0.4, 0.5) is 16.2 Å². The van der Waals surface area contributed by atoms with Gasteiger partial charge < -0.3 is 20.4 Å². The summed E-state index contributed by atoms with van der Waals surface area (Å²) in [6.07, 6.45) is 1.60. The Bertz CT molecular complexity index is 1230. The molecule has 0 radical (unpaired) electrons. The van der Waals surface area contributed by atoms with Crippen molar-refractivity contribution in [2.24, 2.45) is 0 Å². The number of amides is 3. The number of rotatable bonds is 8. The quantitative estimate of drug-likeness (QED) is 0.210. The molecule has 2 aromatic heterocycles. The molecule has 3 amide bonds. The number of furan rings is 1. The fourth-order valence-electron chi connectivity index (χ4n) is 3.08. The van der Waals surface area contributed by atoms with Crippen LogP contribution in [0.15, 0.2) is 87.3 Å². The molecule has 0 saturated carbocycles. The summed E-state index contributed by atoms with van der Waals surface area (Å²) in [5.74, 6) is 0.622. The maximum Gasteiger partial charge on any atom is 0.319 e. The molecule has 4 aromatic rings. The van der Waals surface area contributed by atoms with Gasteiger partial charge in [-0.2, -0.15) is 0 Å². The Hall–Kier alpha value is -3.49. The standard InChI is InChI=1S/C24H21N3O3S2/c1-2-13-25-24(29)27-17-11-9-16(10-12-17)26-23(28)22-19(15-32-21-8-5-14-31-21)18-6-3-4-7-20(18)30-22/h2-12,14H,1,13,15H2,(H,26,28)(H2,25,27,29). The van der Waals surface area contributed by atoms with E-state index in [4.69, 9.17) is 4.42 Å². The van der Waals surface area contributed by atoms with E-state index in [0.29, 0.717) is 35.0 Å². The first-order valence-corrected chi connectivity index (χ1v) is 11.7. The Morgan fingerprint density at radius 2 is 1.75 bits per heavy atom. The second-order valence-corrected chi connectivity index (χ2v) is 9.01. The van der Waals surface area contributed by atoms with Crippen molar-refractivity contribution in [2.75, 3.05) is 17.2 Å². The van der Waals surface area contributed by atoms with Gasteiger partial charge in [-0.1, -0.05) is 30.3 Å². The normalized spacial score (nSPS) is 10.6. The van der Waals surface area contributed by atoms with Gasteiger partial charge in [-0.3, -0.25) is 4.79 Å². The minimum absolute atomic E-state index is 0.307. The lowest BCUT2D eigenvalue weighted by Gasteiger charge is -2.08. The maximum atomic E-state index is 13.0. The zero-order chi connectivity index (χ0) is 22.3. The number of carbonyl (C=O) groups excluding carboxylic acids is 2. The molecule has 162 valence electrons. The molecule has 2 aromatic carbocycles. The van der Waals surface area contributed by atoms with E-state index < -0.39 is 0 Å². The van der Waals surface area contributed by atoms with Gasteiger partial charge in [-0.25, -0.2) is 4.79 Å². The third-order valence-corrected chi connectivity index (χ3v) is 6.72. The summed E-state index contributed by atoms with van der Waals surface area (Å²) in [4.78, 5) is 24.8. The Kier molecular flexibility index (Phi) is 6.94. The number of thioether (sulfide) groups is 1. The van der Waals surface area contributed by atoms with Crippen molar-refractivity contribution in [3.05, 3.63) is 90.0 Å². The zero-order valence-electron chi connectivity index (χ0n) is 17.1. The average molecular weight is 464 g/mol. The van der Waals surface area contributed by atoms with E-state index in [9.17, 15) is 9.59 Å². The van der Waals surface area contributed by atoms with E-state index >= 15 is 0 Å². The molecule has 0 fully saturated rings. The summed E-state index contributed by atoms with van der Waals surface area (Å²) < 4.78 is 7.10. The van der Waals surface area contributed by atoms with Crippen LogP contribution in [0.1, 0.15) is 16.1 Å². The molecule has 0 spiro atoms. The van der Waals surface area contributed by atoms with Crippen molar-refractivity contribution >= 4 is 57.4 Å². The molecule has 0 aliphatic carbocycles. The fourth-order valence-corrected chi connectivity index (χ4v) is 4.89. The summed E-state index contributed by atoms with van der Waals surface area (Å²) in [5, 5.41) is 11.2. The highest BCUT2D eigenvalue weighted by Gasteiger charge is 2.21. The number of hydrogen-bond donors (Lipinski definition) is 3. The molecule has 0 atom stereocenters. The predicted molar refractivity (Wildman–Crippen MR) is 132 cm³/mol. The number of carbonyl (C=O) groups is 2. The molecule has 32 heavy (non-hydrogen) atoms. The highest BCUT2D eigenvalue weighted by molar-refractivity contribution is 8.00. The fraction of sp³-hybridized carbons (Fsp3) is 0.0833. The largest absolute Gasteiger partial charge is 0.451 e. The van der Waals surface area contributed by atoms with Crippen LogP contribution in [0, 0.1) is 0 Å². The molecule has 2 heterocycles. The lowest BCUT2D eigenvalue weighted by atomic mass is 10.1. The molecular weight excluding hydrogens is 442 g/mol. The molecule has 0 saturated heterocycles. The first-order valence-electron chi connectivity index (χ1n) is 9.88. The molecule has 3 N–H and O–H groups in total. The lowest BCUT2D eigenvalue weighted by Crippen LogP contribution is -2.28. The highest BCUT2D eigenvalue weighted by Crippen LogP contribution is 2.34. The molecule has 0 unspecified atom stereocenters. The highest BCUT2D eigenvalue weighted by atomic mass is 32.2. The Balaban J connectivity index is 1.49. The van der Waals surface area contributed by atoms with Crippen molar-refractivity contribution in [2.45, 2.75) is 9.96 Å². The topological polar surface area (TPSA) is 83.4 Å². The SMILES string of the molecule is C=CCNC(=O)Nc1ccc(NC(=O)c2oc3ccccc3c2CSc2cccs2)cc1. The molecule has 0 aliphatic rings. The molecular formula is C24H21N3O3S2. The monoisotopic (exact) mass is 463 g/mol. The minimum Gasteiger partial charge on any atom is -0.451 e. The Labute approximate surface area is 193 Å². The number of thiophene rings is 1. The first kappa shape index (κ1) is 21.7. The number of para-hydroxylation sites is 1. The van der Waals surface area contributed by atoms with Gasteiger partial charge in [0.05, 0.1) is 4.21 Å². The van der Waals surface area contributed by atoms with E-state index in [-0.39, 0.29) is 11.9 Å². The minimum atomic E-state index is -0.322. The maximum absolute atomic E-state index is 13.0. The third kappa shape index (κ3) is 5.22. The zero-order valence-corrected chi connectivity index (χ0v) is 18.7. The van der Waals surface area contributed by atoms with Crippen LogP contribution in [-0.4, -0.2) is 18.5 Å². The molecule has 0 aliphatic heterocycles. The van der Waals surface area contributed by atoms with Crippen molar-refractivity contribution in [3.8, 4) is 0 Å². The van der Waals surface area contributed by atoms with Gasteiger partial charge in [-0.05, 0) is 41.8 Å². The van der Waals surface area contributed by atoms with Crippen molar-refractivity contribution in [3.63, 3.8) is 0 Å². The van der Waals surface area contributed by atoms with Gasteiger partial charge in [0.15, 0.2) is 5.76 Å². The summed E-state index contributed by atoms with van der Waals surface area (Å²) in [6, 6.07) is 18.3. The molecule has 6 nitrogen and oxygen atoms in total. The number of fused-ring (bicyclic) bond motifs is 1. The van der Waals surface area contributed by atoms with Crippen molar-refractivity contribution in [1.29, 1.82) is 0 Å². The average Bonchev–Trinajstić information content (AvgIpc) is 3.45. The van der Waals surface area contributed by atoms with Gasteiger partial charge in [0.1, 0.15) is 5.58 Å². The number of hydrogen-bond acceptors (Lipinski definition) is 5. The van der Waals surface area contributed by atoms with E-state index in [1.807, 2.05) is 35.7 Å². The van der Waals surface area contributed by atoms with Crippen molar-refractivity contribution in [1.82, 2.24) is 5.32 Å². The Morgan fingerprint density at radius 3 is 2.47 bits per heavy atom. The summed E-state index contributed by atoms with van der Waals surface area (Å²) in [5.41, 5.74) is 2.77. The molecule has 0 bridgehead atoms. The second kappa shape index (κ2) is 10.2. The number of benzene rings is 2. The van der Waals surface area contributed by atoms with E-state index in [0.717, 1.165) is 10.9 Å². The molecule has 4 rings (SSSR count). The predicted octanol–water partition coefficient (Wildman–Crippen LogP) is 6.35. The van der Waals surface area contributed by atoms with E-state index in [1.54, 1.807) is 53.4 Å². The molecule has 8 heteroatoms.